The molecular weight excluding hydrogens is 364 g/mol. The molecule has 1 fully saturated rings. The Morgan fingerprint density at radius 2 is 1.89 bits per heavy atom. The fourth-order valence-corrected chi connectivity index (χ4v) is 3.19. The van der Waals surface area contributed by atoms with Crippen LogP contribution in [0.2, 0.25) is 0 Å². The quantitative estimate of drug-likeness (QED) is 0.366. The van der Waals surface area contributed by atoms with Crippen molar-refractivity contribution in [3.8, 4) is 0 Å². The molecule has 9 heteroatoms. The molecule has 28 heavy (non-hydrogen) atoms. The third-order valence-corrected chi connectivity index (χ3v) is 4.78. The van der Waals surface area contributed by atoms with E-state index >= 15 is 0 Å². The lowest BCUT2D eigenvalue weighted by atomic mass is 10.1. The first-order valence-electron chi connectivity index (χ1n) is 9.29. The van der Waals surface area contributed by atoms with Gasteiger partial charge in [-0.3, -0.25) is 4.79 Å². The van der Waals surface area contributed by atoms with E-state index < -0.39 is 18.2 Å². The molecule has 0 saturated heterocycles. The van der Waals surface area contributed by atoms with Gasteiger partial charge in [-0.05, 0) is 49.3 Å². The van der Waals surface area contributed by atoms with Crippen molar-refractivity contribution in [2.45, 2.75) is 37.6 Å². The Hall–Kier alpha value is -3.23. The second-order valence-electron chi connectivity index (χ2n) is 7.03. The van der Waals surface area contributed by atoms with Crippen molar-refractivity contribution in [1.82, 2.24) is 20.9 Å². The molecule has 150 valence electrons. The number of hydrogen-bond donors (Lipinski definition) is 6. The Bertz CT molecular complexity index is 874. The van der Waals surface area contributed by atoms with Crippen LogP contribution in [0.15, 0.2) is 24.3 Å². The minimum atomic E-state index is -1.19. The van der Waals surface area contributed by atoms with Crippen LogP contribution in [0, 0.1) is 0 Å². The molecule has 2 aromatic rings. The number of aromatic amines is 1. The highest BCUT2D eigenvalue weighted by Gasteiger charge is 2.24. The monoisotopic (exact) mass is 388 g/mol. The maximum absolute atomic E-state index is 12.4. The molecule has 0 radical (unpaired) electrons. The summed E-state index contributed by atoms with van der Waals surface area (Å²) in [6.45, 7) is 0.327. The normalized spacial score (nSPS) is 14.4. The van der Waals surface area contributed by atoms with Gasteiger partial charge in [0.1, 0.15) is 5.69 Å². The molecule has 1 atom stereocenters. The number of carbonyl (C=O) groups is 3. The van der Waals surface area contributed by atoms with E-state index in [4.69, 9.17) is 10.2 Å². The van der Waals surface area contributed by atoms with Crippen LogP contribution in [-0.2, 0) is 0 Å². The first-order valence-corrected chi connectivity index (χ1v) is 9.29. The third-order valence-electron chi connectivity index (χ3n) is 4.78. The average molecular weight is 388 g/mol. The van der Waals surface area contributed by atoms with E-state index in [1.54, 1.807) is 6.07 Å². The van der Waals surface area contributed by atoms with Gasteiger partial charge in [-0.15, -0.1) is 0 Å². The highest BCUT2D eigenvalue weighted by molar-refractivity contribution is 5.98. The van der Waals surface area contributed by atoms with Crippen molar-refractivity contribution >= 4 is 29.0 Å². The van der Waals surface area contributed by atoms with Gasteiger partial charge in [-0.1, -0.05) is 12.1 Å². The van der Waals surface area contributed by atoms with E-state index in [1.165, 1.54) is 18.4 Å². The number of rotatable bonds is 9. The zero-order valence-electron chi connectivity index (χ0n) is 15.3. The zero-order chi connectivity index (χ0) is 20.1. The molecule has 0 bridgehead atoms. The van der Waals surface area contributed by atoms with Gasteiger partial charge in [0.25, 0.3) is 5.91 Å². The minimum absolute atomic E-state index is 0.112. The molecular formula is C19H24N4O5. The fourth-order valence-electron chi connectivity index (χ4n) is 3.19. The lowest BCUT2D eigenvalue weighted by Gasteiger charge is -2.17. The minimum Gasteiger partial charge on any atom is -0.465 e. The van der Waals surface area contributed by atoms with Crippen LogP contribution in [0.1, 0.15) is 47.7 Å². The van der Waals surface area contributed by atoms with Crippen LogP contribution in [0.25, 0.3) is 10.9 Å². The van der Waals surface area contributed by atoms with Gasteiger partial charge in [0.15, 0.2) is 0 Å². The van der Waals surface area contributed by atoms with Crippen LogP contribution < -0.4 is 16.0 Å². The molecule has 9 nitrogen and oxygen atoms in total. The van der Waals surface area contributed by atoms with Crippen LogP contribution in [-0.4, -0.2) is 52.4 Å². The van der Waals surface area contributed by atoms with Gasteiger partial charge >= 0.3 is 12.2 Å². The second kappa shape index (κ2) is 8.64. The predicted octanol–water partition coefficient (Wildman–Crippen LogP) is 2.46. The number of aromatic nitrogens is 1. The highest BCUT2D eigenvalue weighted by atomic mass is 16.4. The standard InChI is InChI=1S/C19H24N4O5/c24-17(21-10-14(22-19(27)28)2-1-7-20-18(25)26)16-9-13-6-5-12(11-3-4-11)8-15(13)23-16/h5-6,8-9,11,14,20,22-23H,1-4,7,10H2,(H,21,24)(H,25,26)(H,27,28). The molecule has 1 aliphatic rings. The smallest absolute Gasteiger partial charge is 0.404 e. The Balaban J connectivity index is 1.56. The second-order valence-corrected chi connectivity index (χ2v) is 7.03. The third kappa shape index (κ3) is 5.38. The average Bonchev–Trinajstić information content (AvgIpc) is 3.40. The number of H-pyrrole nitrogens is 1. The lowest BCUT2D eigenvalue weighted by molar-refractivity contribution is 0.0943. The summed E-state index contributed by atoms with van der Waals surface area (Å²) in [4.78, 5) is 37.0. The summed E-state index contributed by atoms with van der Waals surface area (Å²) in [5, 5.41) is 25.8. The molecule has 1 aromatic heterocycles. The number of fused-ring (bicyclic) bond motifs is 1. The SMILES string of the molecule is O=C(O)NCCCC(CNC(=O)c1cc2ccc(C3CC3)cc2[nH]1)NC(=O)O. The Labute approximate surface area is 161 Å². The van der Waals surface area contributed by atoms with Gasteiger partial charge in [-0.2, -0.15) is 0 Å². The largest absolute Gasteiger partial charge is 0.465 e. The van der Waals surface area contributed by atoms with Crippen molar-refractivity contribution in [3.05, 3.63) is 35.5 Å². The number of benzene rings is 1. The number of carbonyl (C=O) groups excluding carboxylic acids is 1. The van der Waals surface area contributed by atoms with E-state index in [9.17, 15) is 14.4 Å². The van der Waals surface area contributed by atoms with E-state index in [0.717, 1.165) is 10.9 Å². The number of hydrogen-bond acceptors (Lipinski definition) is 3. The van der Waals surface area contributed by atoms with E-state index in [0.29, 0.717) is 24.5 Å². The van der Waals surface area contributed by atoms with Gasteiger partial charge in [0.2, 0.25) is 0 Å². The topological polar surface area (TPSA) is 144 Å². The van der Waals surface area contributed by atoms with Crippen molar-refractivity contribution in [2.24, 2.45) is 0 Å². The van der Waals surface area contributed by atoms with E-state index in [2.05, 4.69) is 33.1 Å². The molecule has 6 N–H and O–H groups in total. The van der Waals surface area contributed by atoms with Gasteiger partial charge in [0.05, 0.1) is 0 Å². The van der Waals surface area contributed by atoms with Gasteiger partial charge in [-0.25, -0.2) is 9.59 Å². The summed E-state index contributed by atoms with van der Waals surface area (Å²) in [5.74, 6) is 0.313. The van der Waals surface area contributed by atoms with Gasteiger partial charge < -0.3 is 31.1 Å². The summed E-state index contributed by atoms with van der Waals surface area (Å²) < 4.78 is 0. The van der Waals surface area contributed by atoms with Crippen molar-refractivity contribution in [3.63, 3.8) is 0 Å². The zero-order valence-corrected chi connectivity index (χ0v) is 15.3. The number of amides is 3. The summed E-state index contributed by atoms with van der Waals surface area (Å²) in [7, 11) is 0. The summed E-state index contributed by atoms with van der Waals surface area (Å²) >= 11 is 0. The first kappa shape index (κ1) is 19.5. The summed E-state index contributed by atoms with van der Waals surface area (Å²) in [6, 6.07) is 7.43. The highest BCUT2D eigenvalue weighted by Crippen LogP contribution is 2.40. The Morgan fingerprint density at radius 3 is 2.57 bits per heavy atom. The van der Waals surface area contributed by atoms with E-state index in [-0.39, 0.29) is 19.0 Å². The Kier molecular flexibility index (Phi) is 6.03. The van der Waals surface area contributed by atoms with Crippen LogP contribution in [0.4, 0.5) is 9.59 Å². The molecule has 0 aliphatic heterocycles. The van der Waals surface area contributed by atoms with Crippen LogP contribution >= 0.6 is 0 Å². The molecule has 1 aromatic carbocycles. The Morgan fingerprint density at radius 1 is 1.11 bits per heavy atom. The number of carboxylic acid groups (broad SMARTS) is 2. The van der Waals surface area contributed by atoms with Crippen LogP contribution in [0.5, 0.6) is 0 Å². The summed E-state index contributed by atoms with van der Waals surface area (Å²) in [5.41, 5.74) is 2.61. The van der Waals surface area contributed by atoms with Crippen molar-refractivity contribution in [1.29, 1.82) is 0 Å². The molecule has 3 rings (SSSR count). The maximum atomic E-state index is 12.4. The van der Waals surface area contributed by atoms with Crippen LogP contribution in [0.3, 0.4) is 0 Å². The first-order chi connectivity index (χ1) is 13.4. The number of nitrogens with one attached hydrogen (secondary N) is 4. The molecule has 1 saturated carbocycles. The summed E-state index contributed by atoms with van der Waals surface area (Å²) in [6.07, 6.45) is 0.940. The molecule has 1 heterocycles. The van der Waals surface area contributed by atoms with Crippen molar-refractivity contribution in [2.75, 3.05) is 13.1 Å². The lowest BCUT2D eigenvalue weighted by Crippen LogP contribution is -2.43. The maximum Gasteiger partial charge on any atom is 0.404 e. The molecule has 0 spiro atoms. The molecule has 1 unspecified atom stereocenters. The predicted molar refractivity (Wildman–Crippen MR) is 103 cm³/mol. The fraction of sp³-hybridized carbons (Fsp3) is 0.421. The van der Waals surface area contributed by atoms with Gasteiger partial charge in [0, 0.05) is 30.0 Å². The van der Waals surface area contributed by atoms with Crippen molar-refractivity contribution < 1.29 is 24.6 Å². The molecule has 3 amide bonds. The molecule has 1 aliphatic carbocycles. The van der Waals surface area contributed by atoms with E-state index in [1.807, 2.05) is 6.07 Å².